The lowest BCUT2D eigenvalue weighted by Gasteiger charge is -2.15. The van der Waals surface area contributed by atoms with E-state index in [1.807, 2.05) is 65.7 Å². The predicted molar refractivity (Wildman–Crippen MR) is 78.6 cm³/mol. The number of benzene rings is 1. The van der Waals surface area contributed by atoms with Crippen LogP contribution in [0.2, 0.25) is 0 Å². The minimum Gasteiger partial charge on any atom is -0.377 e. The van der Waals surface area contributed by atoms with Crippen LogP contribution in [0.4, 0.5) is 5.69 Å². The first-order valence-corrected chi connectivity index (χ1v) is 6.33. The highest BCUT2D eigenvalue weighted by atomic mass is 16.2. The molecule has 3 heteroatoms. The molecule has 0 atom stereocenters. The van der Waals surface area contributed by atoms with Crippen LogP contribution in [-0.2, 0) is 4.79 Å². The van der Waals surface area contributed by atoms with Crippen LogP contribution in [0.5, 0.6) is 0 Å². The third-order valence-corrected chi connectivity index (χ3v) is 2.01. The Kier molecular flexibility index (Phi) is 10.9. The molecule has 0 bridgehead atoms. The summed E-state index contributed by atoms with van der Waals surface area (Å²) in [5.74, 6) is -0.475. The Bertz CT molecular complexity index is 371. The second-order valence-electron chi connectivity index (χ2n) is 3.40. The average Bonchev–Trinajstić information content (AvgIpc) is 2.42. The Labute approximate surface area is 111 Å². The molecule has 0 fully saturated rings. The van der Waals surface area contributed by atoms with Gasteiger partial charge in [0.2, 0.25) is 5.78 Å². The van der Waals surface area contributed by atoms with E-state index in [-0.39, 0.29) is 0 Å². The summed E-state index contributed by atoms with van der Waals surface area (Å²) in [5.41, 5.74) is 2.21. The zero-order valence-corrected chi connectivity index (χ0v) is 12.6. The van der Waals surface area contributed by atoms with Crippen molar-refractivity contribution in [2.75, 3.05) is 19.0 Å². The molecule has 102 valence electrons. The lowest BCUT2D eigenvalue weighted by Crippen LogP contribution is -2.14. The van der Waals surface area contributed by atoms with Crippen LogP contribution in [0.25, 0.3) is 0 Å². The van der Waals surface area contributed by atoms with Crippen molar-refractivity contribution in [2.24, 2.45) is 0 Å². The van der Waals surface area contributed by atoms with E-state index in [1.54, 1.807) is 6.07 Å². The highest BCUT2D eigenvalue weighted by Gasteiger charge is 2.11. The molecule has 1 aromatic carbocycles. The van der Waals surface area contributed by atoms with E-state index in [0.29, 0.717) is 11.8 Å². The van der Waals surface area contributed by atoms with Gasteiger partial charge >= 0.3 is 0 Å². The molecule has 3 nitrogen and oxygen atoms in total. The van der Waals surface area contributed by atoms with Gasteiger partial charge in [0, 0.05) is 25.3 Å². The summed E-state index contributed by atoms with van der Waals surface area (Å²) in [6, 6.07) is 5.48. The van der Waals surface area contributed by atoms with Crippen LogP contribution in [0.3, 0.4) is 0 Å². The molecule has 0 saturated heterocycles. The van der Waals surface area contributed by atoms with Crippen LogP contribution in [0, 0.1) is 6.92 Å². The van der Waals surface area contributed by atoms with Crippen molar-refractivity contribution in [1.82, 2.24) is 0 Å². The van der Waals surface area contributed by atoms with E-state index in [1.165, 1.54) is 0 Å². The fourth-order valence-electron chi connectivity index (χ4n) is 1.30. The van der Waals surface area contributed by atoms with Gasteiger partial charge in [0.25, 0.3) is 0 Å². The summed E-state index contributed by atoms with van der Waals surface area (Å²) in [6.45, 7) is 9.89. The van der Waals surface area contributed by atoms with Crippen LogP contribution >= 0.6 is 0 Å². The first-order chi connectivity index (χ1) is 8.56. The Hall–Kier alpha value is -1.64. The van der Waals surface area contributed by atoms with E-state index in [0.717, 1.165) is 11.3 Å². The summed E-state index contributed by atoms with van der Waals surface area (Å²) in [7, 11) is 3.68. The van der Waals surface area contributed by atoms with E-state index < -0.39 is 5.78 Å². The van der Waals surface area contributed by atoms with Crippen molar-refractivity contribution in [3.8, 4) is 0 Å². The van der Waals surface area contributed by atoms with Crippen molar-refractivity contribution >= 4 is 17.8 Å². The van der Waals surface area contributed by atoms with Crippen LogP contribution in [0.15, 0.2) is 18.2 Å². The molecular weight excluding hydrogens is 226 g/mol. The molecule has 0 aromatic heterocycles. The van der Waals surface area contributed by atoms with Crippen LogP contribution in [0.1, 0.15) is 43.6 Å². The standard InChI is InChI=1S/C11H13NO2.2C2H6/c1-8-4-5-10(12(2)3)9(6-8)11(14)7-13;2*1-2/h4-7H,1-3H3;2*1-2H3. The number of ketones is 1. The maximum Gasteiger partial charge on any atom is 0.227 e. The number of aryl methyl sites for hydroxylation is 1. The first kappa shape index (κ1) is 18.7. The summed E-state index contributed by atoms with van der Waals surface area (Å²) in [6.07, 6.45) is 0.349. The van der Waals surface area contributed by atoms with E-state index in [4.69, 9.17) is 0 Å². The molecular formula is C15H25NO2. The topological polar surface area (TPSA) is 37.4 Å². The van der Waals surface area contributed by atoms with Gasteiger partial charge in [-0.25, -0.2) is 0 Å². The maximum atomic E-state index is 11.3. The summed E-state index contributed by atoms with van der Waals surface area (Å²) >= 11 is 0. The average molecular weight is 251 g/mol. The molecule has 1 aromatic rings. The number of aldehydes is 1. The van der Waals surface area contributed by atoms with Crippen molar-refractivity contribution < 1.29 is 9.59 Å². The van der Waals surface area contributed by atoms with Gasteiger partial charge in [-0.15, -0.1) is 0 Å². The van der Waals surface area contributed by atoms with Crippen LogP contribution < -0.4 is 4.90 Å². The van der Waals surface area contributed by atoms with Crippen molar-refractivity contribution in [1.29, 1.82) is 0 Å². The lowest BCUT2D eigenvalue weighted by molar-refractivity contribution is -0.104. The van der Waals surface area contributed by atoms with Gasteiger partial charge in [-0.1, -0.05) is 39.3 Å². The molecule has 0 aliphatic rings. The van der Waals surface area contributed by atoms with Gasteiger partial charge in [0.15, 0.2) is 6.29 Å². The molecule has 0 heterocycles. The molecule has 1 rings (SSSR count). The number of hydrogen-bond acceptors (Lipinski definition) is 3. The highest BCUT2D eigenvalue weighted by Crippen LogP contribution is 2.19. The normalized spacial score (nSPS) is 8.17. The number of rotatable bonds is 3. The van der Waals surface area contributed by atoms with Crippen molar-refractivity contribution in [2.45, 2.75) is 34.6 Å². The number of carbonyl (C=O) groups is 2. The van der Waals surface area contributed by atoms with Gasteiger partial charge in [-0.2, -0.15) is 0 Å². The molecule has 0 saturated carbocycles. The maximum absolute atomic E-state index is 11.3. The quantitative estimate of drug-likeness (QED) is 0.469. The third kappa shape index (κ3) is 5.62. The lowest BCUT2D eigenvalue weighted by atomic mass is 10.1. The molecule has 18 heavy (non-hydrogen) atoms. The molecule has 0 radical (unpaired) electrons. The van der Waals surface area contributed by atoms with Gasteiger partial charge in [-0.3, -0.25) is 9.59 Å². The van der Waals surface area contributed by atoms with Gasteiger partial charge < -0.3 is 4.90 Å². The Morgan fingerprint density at radius 1 is 1.11 bits per heavy atom. The van der Waals surface area contributed by atoms with E-state index in [9.17, 15) is 9.59 Å². The Balaban J connectivity index is 0. The molecule has 0 aliphatic carbocycles. The van der Waals surface area contributed by atoms with Gasteiger partial charge in [0.1, 0.15) is 0 Å². The third-order valence-electron chi connectivity index (χ3n) is 2.01. The first-order valence-electron chi connectivity index (χ1n) is 6.33. The highest BCUT2D eigenvalue weighted by molar-refractivity contribution is 6.34. The molecule has 0 unspecified atom stereocenters. The zero-order chi connectivity index (χ0) is 14.7. The fourth-order valence-corrected chi connectivity index (χ4v) is 1.30. The van der Waals surface area contributed by atoms with Gasteiger partial charge in [-0.05, 0) is 19.1 Å². The van der Waals surface area contributed by atoms with Crippen LogP contribution in [-0.4, -0.2) is 26.2 Å². The largest absolute Gasteiger partial charge is 0.377 e. The molecule has 0 aliphatic heterocycles. The number of Topliss-reactive ketones (excluding diaryl/α,β-unsaturated/α-hetero) is 1. The number of nitrogens with zero attached hydrogens (tertiary/aromatic N) is 1. The number of carbonyl (C=O) groups excluding carboxylic acids is 2. The Morgan fingerprint density at radius 3 is 2.00 bits per heavy atom. The second kappa shape index (κ2) is 10.5. The van der Waals surface area contributed by atoms with E-state index >= 15 is 0 Å². The Morgan fingerprint density at radius 2 is 1.61 bits per heavy atom. The second-order valence-corrected chi connectivity index (χ2v) is 3.40. The number of anilines is 1. The summed E-state index contributed by atoms with van der Waals surface area (Å²) in [5, 5.41) is 0. The molecule has 0 spiro atoms. The predicted octanol–water partition coefficient (Wildman–Crippen LogP) is 3.50. The van der Waals surface area contributed by atoms with Crippen molar-refractivity contribution in [3.05, 3.63) is 29.3 Å². The van der Waals surface area contributed by atoms with Gasteiger partial charge in [0.05, 0.1) is 0 Å². The monoisotopic (exact) mass is 251 g/mol. The van der Waals surface area contributed by atoms with Crippen molar-refractivity contribution in [3.63, 3.8) is 0 Å². The smallest absolute Gasteiger partial charge is 0.227 e. The minimum atomic E-state index is -0.475. The molecule has 0 N–H and O–H groups in total. The zero-order valence-electron chi connectivity index (χ0n) is 12.6. The fraction of sp³-hybridized carbons (Fsp3) is 0.467. The van der Waals surface area contributed by atoms with E-state index in [2.05, 4.69) is 0 Å². The minimum absolute atomic E-state index is 0.349. The number of hydrogen-bond donors (Lipinski definition) is 0. The molecule has 0 amide bonds. The summed E-state index contributed by atoms with van der Waals surface area (Å²) in [4.78, 5) is 23.5. The summed E-state index contributed by atoms with van der Waals surface area (Å²) < 4.78 is 0. The SMILES string of the molecule is CC.CC.Cc1ccc(N(C)C)c(C(=O)C=O)c1.